The highest BCUT2D eigenvalue weighted by Crippen LogP contribution is 2.44. The van der Waals surface area contributed by atoms with Gasteiger partial charge in [0.1, 0.15) is 0 Å². The first-order chi connectivity index (χ1) is 12.4. The Morgan fingerprint density at radius 2 is 2.08 bits per heavy atom. The average molecular weight is 350 g/mol. The first-order valence-electron chi connectivity index (χ1n) is 9.52. The second-order valence-corrected chi connectivity index (χ2v) is 8.78. The van der Waals surface area contributed by atoms with Gasteiger partial charge in [-0.3, -0.25) is 9.58 Å². The van der Waals surface area contributed by atoms with Gasteiger partial charge in [-0.2, -0.15) is 10.2 Å². The largest absolute Gasteiger partial charge is 0.287 e. The summed E-state index contributed by atoms with van der Waals surface area (Å²) in [6, 6.07) is 5.29. The zero-order valence-corrected chi connectivity index (χ0v) is 16.0. The Hall–Kier alpha value is -2.21. The summed E-state index contributed by atoms with van der Waals surface area (Å²) in [6.07, 6.45) is 7.48. The molecule has 0 aromatic carbocycles. The van der Waals surface area contributed by atoms with Crippen LogP contribution in [0, 0.1) is 0 Å². The average Bonchev–Trinajstić information content (AvgIpc) is 3.26. The molecule has 3 aromatic rings. The number of rotatable bonds is 2. The fourth-order valence-electron chi connectivity index (χ4n) is 4.54. The van der Waals surface area contributed by atoms with E-state index < -0.39 is 0 Å². The van der Waals surface area contributed by atoms with Gasteiger partial charge in [0.05, 0.1) is 17.1 Å². The summed E-state index contributed by atoms with van der Waals surface area (Å²) in [5.74, 6) is 0. The number of fused-ring (bicyclic) bond motifs is 6. The van der Waals surface area contributed by atoms with Gasteiger partial charge in [0, 0.05) is 61.5 Å². The molecule has 2 aliphatic heterocycles. The van der Waals surface area contributed by atoms with E-state index in [1.54, 1.807) is 0 Å². The van der Waals surface area contributed by atoms with Crippen molar-refractivity contribution in [2.75, 3.05) is 0 Å². The summed E-state index contributed by atoms with van der Waals surface area (Å²) >= 11 is 0. The van der Waals surface area contributed by atoms with Crippen LogP contribution in [0.15, 0.2) is 24.5 Å². The molecule has 136 valence electrons. The van der Waals surface area contributed by atoms with E-state index in [1.807, 2.05) is 17.9 Å². The van der Waals surface area contributed by atoms with Gasteiger partial charge in [-0.1, -0.05) is 20.8 Å². The van der Waals surface area contributed by atoms with Crippen molar-refractivity contribution in [3.05, 3.63) is 47.2 Å². The fraction of sp³-hybridized carbons (Fsp3) is 0.550. The van der Waals surface area contributed by atoms with Gasteiger partial charge in [0.25, 0.3) is 0 Å². The maximum atomic E-state index is 4.93. The quantitative estimate of drug-likeness (QED) is 0.713. The predicted octanol–water partition coefficient (Wildman–Crippen LogP) is 3.02. The van der Waals surface area contributed by atoms with E-state index in [4.69, 9.17) is 10.1 Å². The van der Waals surface area contributed by atoms with Crippen molar-refractivity contribution in [1.29, 1.82) is 0 Å². The topological polar surface area (TPSA) is 51.2 Å². The summed E-state index contributed by atoms with van der Waals surface area (Å²) in [7, 11) is 2.03. The molecule has 6 nitrogen and oxygen atoms in total. The molecule has 0 aliphatic carbocycles. The molecule has 1 saturated heterocycles. The highest BCUT2D eigenvalue weighted by Gasteiger charge is 2.41. The molecule has 2 atom stereocenters. The van der Waals surface area contributed by atoms with Crippen LogP contribution in [0.2, 0.25) is 0 Å². The number of aryl methyl sites for hydroxylation is 1. The van der Waals surface area contributed by atoms with Gasteiger partial charge in [-0.05, 0) is 18.9 Å². The first-order valence-corrected chi connectivity index (χ1v) is 9.52. The Morgan fingerprint density at radius 3 is 2.81 bits per heavy atom. The molecular formula is C20H26N6. The van der Waals surface area contributed by atoms with Crippen molar-refractivity contribution in [3.8, 4) is 0 Å². The molecule has 0 saturated carbocycles. The van der Waals surface area contributed by atoms with Crippen LogP contribution in [0.1, 0.15) is 62.3 Å². The minimum absolute atomic E-state index is 0.0415. The van der Waals surface area contributed by atoms with Crippen LogP contribution >= 0.6 is 0 Å². The lowest BCUT2D eigenvalue weighted by molar-refractivity contribution is 0.161. The van der Waals surface area contributed by atoms with Crippen molar-refractivity contribution in [3.63, 3.8) is 0 Å². The molecule has 0 spiro atoms. The van der Waals surface area contributed by atoms with Crippen LogP contribution in [0.3, 0.4) is 0 Å². The lowest BCUT2D eigenvalue weighted by atomic mass is 9.93. The van der Waals surface area contributed by atoms with Crippen molar-refractivity contribution in [2.45, 2.75) is 64.1 Å². The first kappa shape index (κ1) is 16.0. The second-order valence-electron chi connectivity index (χ2n) is 8.78. The summed E-state index contributed by atoms with van der Waals surface area (Å²) in [5.41, 5.74) is 6.13. The standard InChI is InChI=1S/C20H26N6/c1-20(2,3)18-10-19-21-11-15-16-6-5-13(9-17(15)26(19)23-18)25(16)12-14-7-8-22-24(14)4/h7-8,10-11,13,16H,5-6,9,12H2,1-4H3/t13-,16-/m0/s1. The van der Waals surface area contributed by atoms with Gasteiger partial charge >= 0.3 is 0 Å². The molecular weight excluding hydrogens is 324 g/mol. The number of aromatic nitrogens is 5. The van der Waals surface area contributed by atoms with Crippen LogP contribution in [-0.2, 0) is 25.4 Å². The van der Waals surface area contributed by atoms with Gasteiger partial charge in [-0.15, -0.1) is 0 Å². The van der Waals surface area contributed by atoms with Gasteiger partial charge in [0.2, 0.25) is 0 Å². The molecule has 0 N–H and O–H groups in total. The fourth-order valence-corrected chi connectivity index (χ4v) is 4.54. The van der Waals surface area contributed by atoms with Crippen LogP contribution < -0.4 is 0 Å². The molecule has 2 aliphatic rings. The van der Waals surface area contributed by atoms with Crippen LogP contribution in [-0.4, -0.2) is 35.3 Å². The number of nitrogens with zero attached hydrogens (tertiary/aromatic N) is 6. The second kappa shape index (κ2) is 5.39. The van der Waals surface area contributed by atoms with Gasteiger partial charge in [-0.25, -0.2) is 9.50 Å². The van der Waals surface area contributed by atoms with Crippen molar-refractivity contribution >= 4 is 5.65 Å². The van der Waals surface area contributed by atoms with Gasteiger partial charge in [0.15, 0.2) is 5.65 Å². The maximum absolute atomic E-state index is 4.93. The Labute approximate surface area is 153 Å². The van der Waals surface area contributed by atoms with Crippen molar-refractivity contribution in [2.24, 2.45) is 7.05 Å². The molecule has 1 fully saturated rings. The maximum Gasteiger partial charge on any atom is 0.155 e. The Balaban J connectivity index is 1.56. The highest BCUT2D eigenvalue weighted by atomic mass is 15.3. The van der Waals surface area contributed by atoms with Crippen LogP contribution in [0.4, 0.5) is 0 Å². The van der Waals surface area contributed by atoms with Crippen molar-refractivity contribution in [1.82, 2.24) is 29.3 Å². The molecule has 2 bridgehead atoms. The van der Waals surface area contributed by atoms with Crippen LogP contribution in [0.25, 0.3) is 5.65 Å². The highest BCUT2D eigenvalue weighted by molar-refractivity contribution is 5.45. The SMILES string of the molecule is Cn1nccc1CN1[C@H]2CC[C@H]1c1cnc3cc(C(C)(C)C)nn3c1C2. The Kier molecular flexibility index (Phi) is 3.32. The van der Waals surface area contributed by atoms with E-state index in [1.165, 1.54) is 29.8 Å². The smallest absolute Gasteiger partial charge is 0.155 e. The summed E-state index contributed by atoms with van der Waals surface area (Å²) in [4.78, 5) is 7.39. The van der Waals surface area contributed by atoms with Gasteiger partial charge < -0.3 is 0 Å². The summed E-state index contributed by atoms with van der Waals surface area (Å²) in [5, 5.41) is 9.26. The predicted molar refractivity (Wildman–Crippen MR) is 99.9 cm³/mol. The molecule has 5 heterocycles. The third-order valence-corrected chi connectivity index (χ3v) is 6.08. The minimum atomic E-state index is 0.0415. The zero-order chi connectivity index (χ0) is 18.1. The van der Waals surface area contributed by atoms with E-state index in [0.29, 0.717) is 12.1 Å². The summed E-state index contributed by atoms with van der Waals surface area (Å²) in [6.45, 7) is 7.58. The molecule has 0 amide bonds. The molecule has 0 unspecified atom stereocenters. The van der Waals surface area contributed by atoms with E-state index >= 15 is 0 Å². The zero-order valence-electron chi connectivity index (χ0n) is 16.0. The molecule has 3 aromatic heterocycles. The minimum Gasteiger partial charge on any atom is -0.287 e. The lowest BCUT2D eigenvalue weighted by Crippen LogP contribution is -2.38. The van der Waals surface area contributed by atoms with E-state index in [9.17, 15) is 0 Å². The molecule has 26 heavy (non-hydrogen) atoms. The lowest BCUT2D eigenvalue weighted by Gasteiger charge is -2.36. The molecule has 5 rings (SSSR count). The Bertz CT molecular complexity index is 976. The molecule has 6 heteroatoms. The van der Waals surface area contributed by atoms with E-state index in [-0.39, 0.29) is 5.41 Å². The third-order valence-electron chi connectivity index (χ3n) is 6.08. The number of hydrogen-bond donors (Lipinski definition) is 0. The van der Waals surface area contributed by atoms with Crippen LogP contribution in [0.5, 0.6) is 0 Å². The summed E-state index contributed by atoms with van der Waals surface area (Å²) < 4.78 is 4.10. The molecule has 0 radical (unpaired) electrons. The Morgan fingerprint density at radius 1 is 1.23 bits per heavy atom. The van der Waals surface area contributed by atoms with E-state index in [2.05, 4.69) is 53.6 Å². The van der Waals surface area contributed by atoms with Crippen molar-refractivity contribution < 1.29 is 0 Å². The number of hydrogen-bond acceptors (Lipinski definition) is 4. The normalized spacial score (nSPS) is 22.9. The third kappa shape index (κ3) is 2.31. The monoisotopic (exact) mass is 350 g/mol. The van der Waals surface area contributed by atoms with E-state index in [0.717, 1.165) is 24.3 Å².